The zero-order valence-electron chi connectivity index (χ0n) is 27.6. The number of para-hydroxylation sites is 1. The number of nitriles is 2. The van der Waals surface area contributed by atoms with Crippen LogP contribution in [0.1, 0.15) is 36.6 Å². The van der Waals surface area contributed by atoms with Crippen molar-refractivity contribution in [1.82, 2.24) is 15.0 Å². The highest BCUT2D eigenvalue weighted by atomic mass is 16.3. The smallest absolute Gasteiger partial charge is 0.236 e. The van der Waals surface area contributed by atoms with Crippen molar-refractivity contribution < 1.29 is 4.42 Å². The van der Waals surface area contributed by atoms with Gasteiger partial charge >= 0.3 is 0 Å². The number of benzene rings is 7. The third-order valence-corrected chi connectivity index (χ3v) is 10.4. The molecule has 0 bridgehead atoms. The molecule has 7 heteroatoms. The molecule has 0 spiro atoms. The number of aromatic nitrogens is 3. The van der Waals surface area contributed by atoms with E-state index in [1.54, 1.807) is 0 Å². The van der Waals surface area contributed by atoms with Gasteiger partial charge in [-0.05, 0) is 79.8 Å². The number of rotatable bonds is 2. The zero-order valence-corrected chi connectivity index (χ0v) is 27.6. The van der Waals surface area contributed by atoms with Crippen molar-refractivity contribution in [3.8, 4) is 23.5 Å². The number of hydrogen-bond acceptors (Lipinski definition) is 7. The molecular formula is C44H26N6O. The molecular weight excluding hydrogens is 629 g/mol. The van der Waals surface area contributed by atoms with Crippen molar-refractivity contribution in [2.75, 3.05) is 4.90 Å². The highest BCUT2D eigenvalue weighted by molar-refractivity contribution is 6.28. The second-order valence-corrected chi connectivity index (χ2v) is 13.5. The summed E-state index contributed by atoms with van der Waals surface area (Å²) in [5.41, 5.74) is 7.30. The van der Waals surface area contributed by atoms with E-state index in [2.05, 4.69) is 131 Å². The fourth-order valence-electron chi connectivity index (χ4n) is 8.03. The minimum Gasteiger partial charge on any atom is -0.456 e. The van der Waals surface area contributed by atoms with Gasteiger partial charge in [-0.25, -0.2) is 0 Å². The Morgan fingerprint density at radius 3 is 1.80 bits per heavy atom. The summed E-state index contributed by atoms with van der Waals surface area (Å²) in [5.74, 6) is 0.0715. The first kappa shape index (κ1) is 28.9. The predicted octanol–water partition coefficient (Wildman–Crippen LogP) is 10.8. The van der Waals surface area contributed by atoms with Crippen molar-refractivity contribution in [2.45, 2.75) is 19.3 Å². The van der Waals surface area contributed by atoms with Crippen LogP contribution >= 0.6 is 0 Å². The Labute approximate surface area is 292 Å². The first-order valence-corrected chi connectivity index (χ1v) is 16.7. The minimum absolute atomic E-state index is 0.0988. The van der Waals surface area contributed by atoms with Crippen LogP contribution in [0.25, 0.3) is 65.6 Å². The van der Waals surface area contributed by atoms with Crippen LogP contribution in [0.4, 0.5) is 17.1 Å². The predicted molar refractivity (Wildman–Crippen MR) is 201 cm³/mol. The van der Waals surface area contributed by atoms with Gasteiger partial charge in [-0.1, -0.05) is 92.7 Å². The largest absolute Gasteiger partial charge is 0.456 e. The maximum atomic E-state index is 9.51. The molecule has 0 fully saturated rings. The van der Waals surface area contributed by atoms with Gasteiger partial charge in [-0.2, -0.15) is 25.5 Å². The lowest BCUT2D eigenvalue weighted by Gasteiger charge is -2.42. The van der Waals surface area contributed by atoms with E-state index in [4.69, 9.17) is 4.42 Å². The van der Waals surface area contributed by atoms with Gasteiger partial charge in [0.15, 0.2) is 5.82 Å². The molecule has 1 aliphatic heterocycles. The Kier molecular flexibility index (Phi) is 5.92. The summed E-state index contributed by atoms with van der Waals surface area (Å²) in [5, 5.41) is 28.5. The van der Waals surface area contributed by atoms with Gasteiger partial charge in [-0.3, -0.25) is 0 Å². The van der Waals surface area contributed by atoms with Crippen LogP contribution in [0.15, 0.2) is 126 Å². The van der Waals surface area contributed by atoms with Crippen LogP contribution in [-0.4, -0.2) is 15.0 Å². The van der Waals surface area contributed by atoms with Gasteiger partial charge in [0.1, 0.15) is 23.3 Å². The Hall–Kier alpha value is -7.09. The number of anilines is 3. The molecule has 51 heavy (non-hydrogen) atoms. The first-order valence-electron chi connectivity index (χ1n) is 16.7. The molecule has 0 atom stereocenters. The summed E-state index contributed by atoms with van der Waals surface area (Å²) >= 11 is 0. The maximum absolute atomic E-state index is 9.51. The van der Waals surface area contributed by atoms with E-state index >= 15 is 0 Å². The molecule has 0 N–H and O–H groups in total. The standard InChI is InChI=1S/C44H26N6O/c1-44(2)35-16-7-8-17-37(35)50(26-11-9-10-25(18-26)43-48-41(23-45)47-42(24-46)49-43)38-22-40-34(20-36(38)44)33-19-31-29-14-5-3-12-27(29)28-13-4-6-15-30(28)32(31)21-39(33)51-40/h3-22H,1-2H3. The molecule has 238 valence electrons. The van der Waals surface area contributed by atoms with Crippen LogP contribution < -0.4 is 4.90 Å². The van der Waals surface area contributed by atoms with E-state index in [1.807, 2.05) is 36.4 Å². The Bertz CT molecular complexity index is 3020. The lowest BCUT2D eigenvalue weighted by atomic mass is 9.73. The molecule has 9 aromatic rings. The monoisotopic (exact) mass is 654 g/mol. The molecule has 0 unspecified atom stereocenters. The van der Waals surface area contributed by atoms with Crippen LogP contribution in [0.5, 0.6) is 0 Å². The summed E-state index contributed by atoms with van der Waals surface area (Å²) in [7, 11) is 0. The van der Waals surface area contributed by atoms with Gasteiger partial charge in [0.05, 0.1) is 11.4 Å². The summed E-state index contributed by atoms with van der Waals surface area (Å²) in [4.78, 5) is 14.8. The molecule has 1 aliphatic rings. The highest BCUT2D eigenvalue weighted by Gasteiger charge is 2.38. The lowest BCUT2D eigenvalue weighted by molar-refractivity contribution is 0.630. The van der Waals surface area contributed by atoms with Crippen molar-refractivity contribution in [2.24, 2.45) is 0 Å². The third-order valence-electron chi connectivity index (χ3n) is 10.4. The summed E-state index contributed by atoms with van der Waals surface area (Å²) in [6.07, 6.45) is 0. The van der Waals surface area contributed by atoms with E-state index in [0.29, 0.717) is 5.56 Å². The second kappa shape index (κ2) is 10.5. The van der Waals surface area contributed by atoms with E-state index in [-0.39, 0.29) is 22.9 Å². The average molecular weight is 655 g/mol. The van der Waals surface area contributed by atoms with E-state index in [9.17, 15) is 10.5 Å². The molecule has 0 aliphatic carbocycles. The molecule has 0 amide bonds. The fourth-order valence-corrected chi connectivity index (χ4v) is 8.03. The number of fused-ring (bicyclic) bond motifs is 11. The molecule has 2 aromatic heterocycles. The van der Waals surface area contributed by atoms with Crippen molar-refractivity contribution in [3.05, 3.63) is 144 Å². The van der Waals surface area contributed by atoms with Gasteiger partial charge in [0.25, 0.3) is 0 Å². The van der Waals surface area contributed by atoms with Gasteiger partial charge in [0.2, 0.25) is 11.6 Å². The van der Waals surface area contributed by atoms with Crippen LogP contribution in [-0.2, 0) is 5.41 Å². The SMILES string of the molecule is CC1(C)c2ccccc2N(c2cccc(-c3nc(C#N)nc(C#N)n3)c2)c2cc3oc4cc5c6ccccc6c6ccccc6c5cc4c3cc21. The molecule has 3 heterocycles. The summed E-state index contributed by atoms with van der Waals surface area (Å²) in [6, 6.07) is 46.5. The summed E-state index contributed by atoms with van der Waals surface area (Å²) < 4.78 is 6.76. The van der Waals surface area contributed by atoms with E-state index in [1.165, 1.54) is 43.4 Å². The summed E-state index contributed by atoms with van der Waals surface area (Å²) in [6.45, 7) is 4.55. The van der Waals surface area contributed by atoms with E-state index in [0.717, 1.165) is 39.0 Å². The normalized spacial score (nSPS) is 13.4. The van der Waals surface area contributed by atoms with Crippen molar-refractivity contribution in [1.29, 1.82) is 10.5 Å². The molecule has 0 saturated heterocycles. The van der Waals surface area contributed by atoms with Crippen molar-refractivity contribution >= 4 is 71.3 Å². The average Bonchev–Trinajstić information content (AvgIpc) is 3.53. The maximum Gasteiger partial charge on any atom is 0.236 e. The zero-order chi connectivity index (χ0) is 34.4. The van der Waals surface area contributed by atoms with Crippen LogP contribution in [0, 0.1) is 22.7 Å². The Balaban J connectivity index is 1.24. The van der Waals surface area contributed by atoms with Crippen LogP contribution in [0.3, 0.4) is 0 Å². The molecule has 7 aromatic carbocycles. The number of nitrogens with zero attached hydrogens (tertiary/aromatic N) is 6. The second-order valence-electron chi connectivity index (χ2n) is 13.5. The molecule has 7 nitrogen and oxygen atoms in total. The third kappa shape index (κ3) is 4.13. The Morgan fingerprint density at radius 2 is 1.12 bits per heavy atom. The number of hydrogen-bond donors (Lipinski definition) is 0. The molecule has 10 rings (SSSR count). The van der Waals surface area contributed by atoms with Crippen LogP contribution in [0.2, 0.25) is 0 Å². The first-order chi connectivity index (χ1) is 24.9. The Morgan fingerprint density at radius 1 is 0.529 bits per heavy atom. The van der Waals surface area contributed by atoms with Gasteiger partial charge in [0, 0.05) is 33.5 Å². The highest BCUT2D eigenvalue weighted by Crippen LogP contribution is 2.54. The van der Waals surface area contributed by atoms with Gasteiger partial charge < -0.3 is 9.32 Å². The quantitative estimate of drug-likeness (QED) is 0.171. The molecule has 0 saturated carbocycles. The van der Waals surface area contributed by atoms with Crippen molar-refractivity contribution in [3.63, 3.8) is 0 Å². The molecule has 0 radical (unpaired) electrons. The lowest BCUT2D eigenvalue weighted by Crippen LogP contribution is -2.30. The number of furan rings is 1. The van der Waals surface area contributed by atoms with E-state index < -0.39 is 0 Å². The minimum atomic E-state index is -0.324. The topological polar surface area (TPSA) is 103 Å². The van der Waals surface area contributed by atoms with Gasteiger partial charge in [-0.15, -0.1) is 0 Å². The fraction of sp³-hybridized carbons (Fsp3) is 0.0682.